The van der Waals surface area contributed by atoms with E-state index in [4.69, 9.17) is 9.84 Å². The van der Waals surface area contributed by atoms with E-state index in [0.29, 0.717) is 12.0 Å². The average Bonchev–Trinajstić information content (AvgIpc) is 2.05. The molecule has 1 heterocycles. The highest BCUT2D eigenvalue weighted by molar-refractivity contribution is 4.74. The van der Waals surface area contributed by atoms with E-state index in [1.54, 1.807) is 0 Å². The van der Waals surface area contributed by atoms with E-state index in [9.17, 15) is 0 Å². The van der Waals surface area contributed by atoms with Crippen LogP contribution in [0, 0.1) is 5.92 Å². The Bertz CT molecular complexity index is 91.6. The molecule has 1 fully saturated rings. The Morgan fingerprint density at radius 3 is 3.10 bits per heavy atom. The second-order valence-electron chi connectivity index (χ2n) is 2.80. The third-order valence-electron chi connectivity index (χ3n) is 1.93. The molecule has 1 aliphatic rings. The van der Waals surface area contributed by atoms with Crippen LogP contribution >= 0.6 is 0 Å². The SMILES string of the molecule is CC(CO)C1COCCN1. The largest absolute Gasteiger partial charge is 0.396 e. The summed E-state index contributed by atoms with van der Waals surface area (Å²) in [7, 11) is 0. The van der Waals surface area contributed by atoms with Crippen LogP contribution in [0.4, 0.5) is 0 Å². The van der Waals surface area contributed by atoms with Gasteiger partial charge in [0.2, 0.25) is 0 Å². The molecule has 3 nitrogen and oxygen atoms in total. The van der Waals surface area contributed by atoms with Crippen molar-refractivity contribution in [2.45, 2.75) is 13.0 Å². The maximum absolute atomic E-state index is 8.79. The van der Waals surface area contributed by atoms with Crippen LogP contribution in [0.3, 0.4) is 0 Å². The molecule has 3 heteroatoms. The van der Waals surface area contributed by atoms with Gasteiger partial charge in [0.15, 0.2) is 0 Å². The molecular formula is C7H15NO2. The van der Waals surface area contributed by atoms with Gasteiger partial charge in [0.25, 0.3) is 0 Å². The normalized spacial score (nSPS) is 30.0. The van der Waals surface area contributed by atoms with Crippen LogP contribution in [0.1, 0.15) is 6.92 Å². The first kappa shape index (κ1) is 7.98. The number of morpholine rings is 1. The fraction of sp³-hybridized carbons (Fsp3) is 1.00. The first-order chi connectivity index (χ1) is 4.84. The van der Waals surface area contributed by atoms with Crippen molar-refractivity contribution in [1.29, 1.82) is 0 Å². The first-order valence-electron chi connectivity index (χ1n) is 3.76. The molecule has 1 saturated heterocycles. The van der Waals surface area contributed by atoms with E-state index in [1.165, 1.54) is 0 Å². The molecule has 0 aromatic rings. The van der Waals surface area contributed by atoms with Crippen LogP contribution < -0.4 is 5.32 Å². The molecule has 0 spiro atoms. The number of aliphatic hydroxyl groups excluding tert-OH is 1. The van der Waals surface area contributed by atoms with Crippen molar-refractivity contribution in [3.63, 3.8) is 0 Å². The number of rotatable bonds is 2. The predicted molar refractivity (Wildman–Crippen MR) is 38.9 cm³/mol. The molecular weight excluding hydrogens is 130 g/mol. The molecule has 1 aliphatic heterocycles. The summed E-state index contributed by atoms with van der Waals surface area (Å²) < 4.78 is 5.23. The van der Waals surface area contributed by atoms with Crippen molar-refractivity contribution < 1.29 is 9.84 Å². The van der Waals surface area contributed by atoms with Crippen LogP contribution in [0.2, 0.25) is 0 Å². The second-order valence-corrected chi connectivity index (χ2v) is 2.80. The Labute approximate surface area is 61.4 Å². The quantitative estimate of drug-likeness (QED) is 0.555. The highest BCUT2D eigenvalue weighted by atomic mass is 16.5. The standard InChI is InChI=1S/C7H15NO2/c1-6(4-9)7-5-10-3-2-8-7/h6-9H,2-5H2,1H3. The number of hydrogen-bond donors (Lipinski definition) is 2. The lowest BCUT2D eigenvalue weighted by Gasteiger charge is -2.27. The maximum Gasteiger partial charge on any atom is 0.0623 e. The lowest BCUT2D eigenvalue weighted by Crippen LogP contribution is -2.46. The molecule has 2 N–H and O–H groups in total. The Hall–Kier alpha value is -0.120. The molecule has 2 unspecified atom stereocenters. The van der Waals surface area contributed by atoms with Crippen LogP contribution in [-0.2, 0) is 4.74 Å². The predicted octanol–water partition coefficient (Wildman–Crippen LogP) is -0.397. The van der Waals surface area contributed by atoms with E-state index in [0.717, 1.165) is 19.8 Å². The summed E-state index contributed by atoms with van der Waals surface area (Å²) in [6.45, 7) is 4.71. The fourth-order valence-corrected chi connectivity index (χ4v) is 1.08. The summed E-state index contributed by atoms with van der Waals surface area (Å²) in [5, 5.41) is 12.1. The monoisotopic (exact) mass is 145 g/mol. The van der Waals surface area contributed by atoms with Crippen molar-refractivity contribution in [3.05, 3.63) is 0 Å². The van der Waals surface area contributed by atoms with Crippen molar-refractivity contribution in [2.75, 3.05) is 26.4 Å². The maximum atomic E-state index is 8.79. The Balaban J connectivity index is 2.24. The third-order valence-corrected chi connectivity index (χ3v) is 1.93. The topological polar surface area (TPSA) is 41.5 Å². The fourth-order valence-electron chi connectivity index (χ4n) is 1.08. The lowest BCUT2D eigenvalue weighted by atomic mass is 10.0. The van der Waals surface area contributed by atoms with Crippen molar-refractivity contribution in [2.24, 2.45) is 5.92 Å². The smallest absolute Gasteiger partial charge is 0.0623 e. The van der Waals surface area contributed by atoms with Crippen LogP contribution in [0.25, 0.3) is 0 Å². The summed E-state index contributed by atoms with van der Waals surface area (Å²) in [4.78, 5) is 0. The molecule has 0 amide bonds. The van der Waals surface area contributed by atoms with E-state index in [-0.39, 0.29) is 6.61 Å². The third kappa shape index (κ3) is 1.94. The molecule has 0 radical (unpaired) electrons. The average molecular weight is 145 g/mol. The zero-order valence-electron chi connectivity index (χ0n) is 6.34. The molecule has 1 rings (SSSR count). The van der Waals surface area contributed by atoms with Gasteiger partial charge in [-0.15, -0.1) is 0 Å². The second kappa shape index (κ2) is 3.91. The van der Waals surface area contributed by atoms with E-state index in [2.05, 4.69) is 5.32 Å². The summed E-state index contributed by atoms with van der Waals surface area (Å²) in [5.41, 5.74) is 0. The number of nitrogens with one attached hydrogen (secondary N) is 1. The molecule has 0 aromatic heterocycles. The molecule has 0 aliphatic carbocycles. The summed E-state index contributed by atoms with van der Waals surface area (Å²) in [6.07, 6.45) is 0. The molecule has 0 aromatic carbocycles. The van der Waals surface area contributed by atoms with Gasteiger partial charge in [0.05, 0.1) is 13.2 Å². The minimum atomic E-state index is 0.237. The lowest BCUT2D eigenvalue weighted by molar-refractivity contribution is 0.0471. The summed E-state index contributed by atoms with van der Waals surface area (Å²) in [6, 6.07) is 0.346. The van der Waals surface area contributed by atoms with Gasteiger partial charge >= 0.3 is 0 Å². The van der Waals surface area contributed by atoms with Crippen LogP contribution in [-0.4, -0.2) is 37.5 Å². The number of hydrogen-bond acceptors (Lipinski definition) is 3. The number of ether oxygens (including phenoxy) is 1. The summed E-state index contributed by atoms with van der Waals surface area (Å²) in [5.74, 6) is 0.306. The van der Waals surface area contributed by atoms with Gasteiger partial charge in [-0.3, -0.25) is 0 Å². The zero-order valence-corrected chi connectivity index (χ0v) is 6.34. The van der Waals surface area contributed by atoms with Crippen molar-refractivity contribution in [3.8, 4) is 0 Å². The van der Waals surface area contributed by atoms with Gasteiger partial charge < -0.3 is 15.2 Å². The van der Waals surface area contributed by atoms with Crippen molar-refractivity contribution >= 4 is 0 Å². The van der Waals surface area contributed by atoms with Gasteiger partial charge in [-0.25, -0.2) is 0 Å². The van der Waals surface area contributed by atoms with E-state index in [1.807, 2.05) is 6.92 Å². The minimum Gasteiger partial charge on any atom is -0.396 e. The van der Waals surface area contributed by atoms with Gasteiger partial charge in [-0.2, -0.15) is 0 Å². The zero-order chi connectivity index (χ0) is 7.40. The molecule has 0 bridgehead atoms. The highest BCUT2D eigenvalue weighted by Gasteiger charge is 2.18. The molecule has 60 valence electrons. The Morgan fingerprint density at radius 1 is 1.80 bits per heavy atom. The van der Waals surface area contributed by atoms with E-state index >= 15 is 0 Å². The Kier molecular flexibility index (Phi) is 3.12. The van der Waals surface area contributed by atoms with Gasteiger partial charge in [-0.1, -0.05) is 6.92 Å². The van der Waals surface area contributed by atoms with Gasteiger partial charge in [-0.05, 0) is 5.92 Å². The first-order valence-corrected chi connectivity index (χ1v) is 3.76. The van der Waals surface area contributed by atoms with E-state index < -0.39 is 0 Å². The van der Waals surface area contributed by atoms with Crippen LogP contribution in [0.15, 0.2) is 0 Å². The highest BCUT2D eigenvalue weighted by Crippen LogP contribution is 2.04. The van der Waals surface area contributed by atoms with Crippen LogP contribution in [0.5, 0.6) is 0 Å². The summed E-state index contributed by atoms with van der Waals surface area (Å²) >= 11 is 0. The Morgan fingerprint density at radius 2 is 2.60 bits per heavy atom. The van der Waals surface area contributed by atoms with Gasteiger partial charge in [0, 0.05) is 19.2 Å². The van der Waals surface area contributed by atoms with Crippen molar-refractivity contribution in [1.82, 2.24) is 5.32 Å². The molecule has 0 saturated carbocycles. The number of aliphatic hydroxyl groups is 1. The molecule has 2 atom stereocenters. The molecule has 10 heavy (non-hydrogen) atoms. The minimum absolute atomic E-state index is 0.237. The van der Waals surface area contributed by atoms with Gasteiger partial charge in [0.1, 0.15) is 0 Å².